The summed E-state index contributed by atoms with van der Waals surface area (Å²) in [4.78, 5) is 16.3. The van der Waals surface area contributed by atoms with E-state index in [9.17, 15) is 14.4 Å². The number of benzene rings is 2. The molecule has 1 amide bonds. The number of hydroxylamine groups is 1. The maximum absolute atomic E-state index is 13.4. The minimum absolute atomic E-state index is 0.105. The number of ether oxygens (including phenoxy) is 1. The number of carbonyl (C=O) groups is 1. The van der Waals surface area contributed by atoms with E-state index in [-0.39, 0.29) is 43.3 Å². The minimum atomic E-state index is -0.621. The number of aliphatic imine (C=N–C) groups is 1. The number of aromatic nitrogens is 2. The van der Waals surface area contributed by atoms with Crippen molar-refractivity contribution in [1.29, 1.82) is 0 Å². The predicted molar refractivity (Wildman–Crippen MR) is 110 cm³/mol. The number of rotatable bonds is 6. The molecule has 0 unspecified atom stereocenters. The van der Waals surface area contributed by atoms with E-state index in [0.29, 0.717) is 0 Å². The molecule has 1 heterocycles. The van der Waals surface area contributed by atoms with Crippen LogP contribution in [-0.4, -0.2) is 33.9 Å². The molecule has 0 spiro atoms. The molecule has 0 saturated carbocycles. The first kappa shape index (κ1) is 22.0. The summed E-state index contributed by atoms with van der Waals surface area (Å²) in [6, 6.07) is 8.66. The second-order valence-corrected chi connectivity index (χ2v) is 7.16. The van der Waals surface area contributed by atoms with Gasteiger partial charge in [-0.05, 0) is 56.6 Å². The summed E-state index contributed by atoms with van der Waals surface area (Å²) in [5, 5.41) is 19.4. The summed E-state index contributed by atoms with van der Waals surface area (Å²) in [6.45, 7) is -0.420. The Kier molecular flexibility index (Phi) is 7.21. The largest absolute Gasteiger partial charge is 0.482 e. The third kappa shape index (κ3) is 5.25. The maximum atomic E-state index is 13.4. The van der Waals surface area contributed by atoms with Gasteiger partial charge in [-0.15, -0.1) is 0 Å². The molecule has 13 heteroatoms. The number of amides is 1. The van der Waals surface area contributed by atoms with E-state index in [1.807, 2.05) is 5.48 Å². The Hall–Kier alpha value is -2.73. The van der Waals surface area contributed by atoms with Crippen molar-refractivity contribution in [3.63, 3.8) is 0 Å². The van der Waals surface area contributed by atoms with Crippen LogP contribution in [0, 0.1) is 5.82 Å². The fourth-order valence-corrected chi connectivity index (χ4v) is 2.86. The standard InChI is InChI=1S/C17H11BrCl2FN5O4/c18-9-6-8(4-5-11(9)21)22-16(24-28)15-17(26-30-25-15)23-13(27)7-29-12-3-1-2-10(19)14(12)20/h1-6,28H,7H2,(H,22,24)(H,23,26,27). The van der Waals surface area contributed by atoms with Gasteiger partial charge in [-0.25, -0.2) is 14.0 Å². The van der Waals surface area contributed by atoms with Crippen molar-refractivity contribution in [3.8, 4) is 5.75 Å². The van der Waals surface area contributed by atoms with Crippen LogP contribution in [0.25, 0.3) is 0 Å². The average Bonchev–Trinajstić information content (AvgIpc) is 3.17. The summed E-state index contributed by atoms with van der Waals surface area (Å²) in [5.74, 6) is -1.22. The van der Waals surface area contributed by atoms with Crippen LogP contribution in [0.1, 0.15) is 5.69 Å². The van der Waals surface area contributed by atoms with Crippen molar-refractivity contribution >= 4 is 62.4 Å². The first-order chi connectivity index (χ1) is 14.4. The molecule has 9 nitrogen and oxygen atoms in total. The molecule has 0 aliphatic rings. The SMILES string of the molecule is O=C(COc1cccc(Cl)c1Cl)Nc1nonc1C(=Nc1ccc(F)c(Br)c1)NO. The second kappa shape index (κ2) is 9.85. The molecule has 156 valence electrons. The number of anilines is 1. The molecular weight excluding hydrogens is 508 g/mol. The zero-order chi connectivity index (χ0) is 21.7. The van der Waals surface area contributed by atoms with E-state index < -0.39 is 18.3 Å². The van der Waals surface area contributed by atoms with Crippen LogP contribution in [0.5, 0.6) is 5.75 Å². The number of hydrogen-bond acceptors (Lipinski definition) is 7. The fourth-order valence-electron chi connectivity index (χ4n) is 2.15. The zero-order valence-corrected chi connectivity index (χ0v) is 17.8. The predicted octanol–water partition coefficient (Wildman–Crippen LogP) is 4.35. The van der Waals surface area contributed by atoms with Crippen molar-refractivity contribution in [2.24, 2.45) is 4.99 Å². The molecule has 0 saturated heterocycles. The Balaban J connectivity index is 1.73. The van der Waals surface area contributed by atoms with E-state index in [1.54, 1.807) is 18.2 Å². The van der Waals surface area contributed by atoms with Crippen LogP contribution in [0.3, 0.4) is 0 Å². The normalized spacial score (nSPS) is 11.3. The van der Waals surface area contributed by atoms with Crippen LogP contribution in [0.15, 0.2) is 50.5 Å². The molecule has 30 heavy (non-hydrogen) atoms. The van der Waals surface area contributed by atoms with Crippen LogP contribution < -0.4 is 15.5 Å². The van der Waals surface area contributed by atoms with Crippen molar-refractivity contribution in [3.05, 3.63) is 62.4 Å². The monoisotopic (exact) mass is 517 g/mol. The van der Waals surface area contributed by atoms with Gasteiger partial charge in [0.15, 0.2) is 18.1 Å². The van der Waals surface area contributed by atoms with Gasteiger partial charge in [0.25, 0.3) is 5.91 Å². The van der Waals surface area contributed by atoms with E-state index in [2.05, 4.69) is 41.2 Å². The van der Waals surface area contributed by atoms with Gasteiger partial charge >= 0.3 is 0 Å². The molecule has 0 fully saturated rings. The van der Waals surface area contributed by atoms with Gasteiger partial charge in [0.1, 0.15) is 16.6 Å². The van der Waals surface area contributed by atoms with E-state index >= 15 is 0 Å². The average molecular weight is 519 g/mol. The molecule has 1 aromatic heterocycles. The van der Waals surface area contributed by atoms with E-state index in [1.165, 1.54) is 18.2 Å². The van der Waals surface area contributed by atoms with Gasteiger partial charge in [0, 0.05) is 0 Å². The highest BCUT2D eigenvalue weighted by atomic mass is 79.9. The maximum Gasteiger partial charge on any atom is 0.263 e. The highest BCUT2D eigenvalue weighted by Crippen LogP contribution is 2.31. The third-order valence-corrected chi connectivity index (χ3v) is 4.90. The molecule has 0 bridgehead atoms. The lowest BCUT2D eigenvalue weighted by atomic mass is 10.3. The lowest BCUT2D eigenvalue weighted by molar-refractivity contribution is -0.118. The second-order valence-electron chi connectivity index (χ2n) is 5.52. The number of halogens is 4. The molecule has 2 aromatic carbocycles. The number of amidine groups is 1. The third-order valence-electron chi connectivity index (χ3n) is 3.50. The van der Waals surface area contributed by atoms with Crippen molar-refractivity contribution < 1.29 is 23.8 Å². The molecule has 0 aliphatic carbocycles. The highest BCUT2D eigenvalue weighted by Gasteiger charge is 2.19. The quantitative estimate of drug-likeness (QED) is 0.252. The minimum Gasteiger partial charge on any atom is -0.482 e. The summed E-state index contributed by atoms with van der Waals surface area (Å²) in [7, 11) is 0. The summed E-state index contributed by atoms with van der Waals surface area (Å²) < 4.78 is 23.5. The van der Waals surface area contributed by atoms with E-state index in [4.69, 9.17) is 27.9 Å². The van der Waals surface area contributed by atoms with Gasteiger partial charge in [-0.2, -0.15) is 0 Å². The van der Waals surface area contributed by atoms with Crippen molar-refractivity contribution in [2.45, 2.75) is 0 Å². The Labute approximate surface area is 186 Å². The van der Waals surface area contributed by atoms with Crippen LogP contribution in [-0.2, 0) is 4.79 Å². The van der Waals surface area contributed by atoms with Crippen LogP contribution >= 0.6 is 39.1 Å². The fraction of sp³-hybridized carbons (Fsp3) is 0.0588. The Bertz CT molecular complexity index is 1110. The van der Waals surface area contributed by atoms with Gasteiger partial charge < -0.3 is 10.1 Å². The zero-order valence-electron chi connectivity index (χ0n) is 14.7. The van der Waals surface area contributed by atoms with E-state index in [0.717, 1.165) is 0 Å². The van der Waals surface area contributed by atoms with Crippen LogP contribution in [0.4, 0.5) is 15.9 Å². The smallest absolute Gasteiger partial charge is 0.263 e. The molecular formula is C17H11BrCl2FN5O4. The van der Waals surface area contributed by atoms with Crippen molar-refractivity contribution in [2.75, 3.05) is 11.9 Å². The van der Waals surface area contributed by atoms with Gasteiger partial charge in [-0.1, -0.05) is 29.3 Å². The topological polar surface area (TPSA) is 122 Å². The lowest BCUT2D eigenvalue weighted by Gasteiger charge is -2.09. The van der Waals surface area contributed by atoms with Gasteiger partial charge in [0.05, 0.1) is 15.2 Å². The summed E-state index contributed by atoms with van der Waals surface area (Å²) >= 11 is 14.9. The van der Waals surface area contributed by atoms with Crippen molar-refractivity contribution in [1.82, 2.24) is 15.8 Å². The van der Waals surface area contributed by atoms with Gasteiger partial charge in [-0.3, -0.25) is 15.5 Å². The number of nitrogens with zero attached hydrogens (tertiary/aromatic N) is 3. The lowest BCUT2D eigenvalue weighted by Crippen LogP contribution is -2.25. The van der Waals surface area contributed by atoms with Gasteiger partial charge in [0.2, 0.25) is 5.82 Å². The molecule has 3 N–H and O–H groups in total. The van der Waals surface area contributed by atoms with Crippen LogP contribution in [0.2, 0.25) is 10.0 Å². The number of hydrogen-bond donors (Lipinski definition) is 3. The number of nitrogens with one attached hydrogen (secondary N) is 2. The highest BCUT2D eigenvalue weighted by molar-refractivity contribution is 9.10. The molecule has 0 aliphatic heterocycles. The number of carbonyl (C=O) groups excluding carboxylic acids is 1. The summed E-state index contributed by atoms with van der Waals surface area (Å²) in [6.07, 6.45) is 0. The molecule has 3 aromatic rings. The molecule has 3 rings (SSSR count). The Morgan fingerprint density at radius 3 is 2.83 bits per heavy atom. The Morgan fingerprint density at radius 1 is 1.30 bits per heavy atom. The Morgan fingerprint density at radius 2 is 2.10 bits per heavy atom. The first-order valence-electron chi connectivity index (χ1n) is 8.02. The summed E-state index contributed by atoms with van der Waals surface area (Å²) in [5.41, 5.74) is 2.01. The first-order valence-corrected chi connectivity index (χ1v) is 9.57. The molecule has 0 atom stereocenters. The molecule has 0 radical (unpaired) electrons.